The summed E-state index contributed by atoms with van der Waals surface area (Å²) < 4.78 is 11.7. The van der Waals surface area contributed by atoms with Gasteiger partial charge in [-0.15, -0.1) is 0 Å². The molecule has 0 amide bonds. The SMILES string of the molecule is CCOc1cccc(CNCC(C)C)c1OCCN(C)C. The van der Waals surface area contributed by atoms with Crippen LogP contribution < -0.4 is 14.8 Å². The highest BCUT2D eigenvalue weighted by molar-refractivity contribution is 5.46. The molecule has 0 aliphatic carbocycles. The van der Waals surface area contributed by atoms with Crippen molar-refractivity contribution in [2.75, 3.05) is 40.4 Å². The van der Waals surface area contributed by atoms with Crippen LogP contribution in [0.5, 0.6) is 11.5 Å². The summed E-state index contributed by atoms with van der Waals surface area (Å²) in [6.45, 7) is 10.4. The van der Waals surface area contributed by atoms with Gasteiger partial charge in [0, 0.05) is 18.7 Å². The first-order valence-electron chi connectivity index (χ1n) is 7.77. The van der Waals surface area contributed by atoms with Gasteiger partial charge in [0.25, 0.3) is 0 Å². The Hall–Kier alpha value is -1.26. The Balaban J connectivity index is 2.76. The van der Waals surface area contributed by atoms with E-state index in [1.807, 2.05) is 33.2 Å². The number of benzene rings is 1. The van der Waals surface area contributed by atoms with Crippen molar-refractivity contribution < 1.29 is 9.47 Å². The van der Waals surface area contributed by atoms with Crippen LogP contribution in [-0.4, -0.2) is 45.3 Å². The van der Waals surface area contributed by atoms with Crippen LogP contribution in [-0.2, 0) is 6.54 Å². The van der Waals surface area contributed by atoms with E-state index < -0.39 is 0 Å². The molecule has 0 saturated carbocycles. The first-order valence-corrected chi connectivity index (χ1v) is 7.77. The van der Waals surface area contributed by atoms with E-state index in [-0.39, 0.29) is 0 Å². The smallest absolute Gasteiger partial charge is 0.165 e. The molecular weight excluding hydrogens is 264 g/mol. The molecule has 0 spiro atoms. The second-order valence-corrected chi connectivity index (χ2v) is 5.85. The summed E-state index contributed by atoms with van der Waals surface area (Å²) in [5.41, 5.74) is 1.15. The molecule has 0 saturated heterocycles. The van der Waals surface area contributed by atoms with E-state index in [1.165, 1.54) is 0 Å². The summed E-state index contributed by atoms with van der Waals surface area (Å²) in [6.07, 6.45) is 0. The molecule has 0 heterocycles. The number of rotatable bonds is 10. The minimum absolute atomic E-state index is 0.637. The van der Waals surface area contributed by atoms with E-state index in [4.69, 9.17) is 9.47 Å². The summed E-state index contributed by atoms with van der Waals surface area (Å²) in [4.78, 5) is 2.11. The summed E-state index contributed by atoms with van der Waals surface area (Å²) in [5.74, 6) is 2.34. The lowest BCUT2D eigenvalue weighted by atomic mass is 10.1. The van der Waals surface area contributed by atoms with Crippen molar-refractivity contribution >= 4 is 0 Å². The average molecular weight is 294 g/mol. The third kappa shape index (κ3) is 6.82. The standard InChI is InChI=1S/C17H30N2O2/c1-6-20-16-9-7-8-15(13-18-12-14(2)3)17(16)21-11-10-19(4)5/h7-9,14,18H,6,10-13H2,1-5H3. The van der Waals surface area contributed by atoms with Crippen LogP contribution in [0, 0.1) is 5.92 Å². The van der Waals surface area contributed by atoms with Crippen LogP contribution in [0.4, 0.5) is 0 Å². The van der Waals surface area contributed by atoms with Crippen molar-refractivity contribution in [2.24, 2.45) is 5.92 Å². The molecule has 0 radical (unpaired) electrons. The second-order valence-electron chi connectivity index (χ2n) is 5.85. The number of nitrogens with one attached hydrogen (secondary N) is 1. The minimum Gasteiger partial charge on any atom is -0.490 e. The van der Waals surface area contributed by atoms with Gasteiger partial charge in [0.05, 0.1) is 6.61 Å². The first kappa shape index (κ1) is 17.8. The Morgan fingerprint density at radius 1 is 1.19 bits per heavy atom. The predicted octanol–water partition coefficient (Wildman–Crippen LogP) is 2.77. The highest BCUT2D eigenvalue weighted by atomic mass is 16.5. The Morgan fingerprint density at radius 3 is 2.57 bits per heavy atom. The molecule has 4 heteroatoms. The van der Waals surface area contributed by atoms with E-state index in [0.717, 1.165) is 36.7 Å². The van der Waals surface area contributed by atoms with Crippen LogP contribution in [0.1, 0.15) is 26.3 Å². The maximum absolute atomic E-state index is 5.98. The maximum atomic E-state index is 5.98. The van der Waals surface area contributed by atoms with Crippen molar-refractivity contribution in [3.05, 3.63) is 23.8 Å². The molecule has 1 aromatic carbocycles. The molecule has 4 nitrogen and oxygen atoms in total. The lowest BCUT2D eigenvalue weighted by Crippen LogP contribution is -2.22. The Labute approximate surface area is 129 Å². The summed E-state index contributed by atoms with van der Waals surface area (Å²) in [5, 5.41) is 3.46. The van der Waals surface area contributed by atoms with Crippen LogP contribution in [0.25, 0.3) is 0 Å². The first-order chi connectivity index (χ1) is 10.0. The second kappa shape index (κ2) is 9.64. The number of para-hydroxylation sites is 1. The van der Waals surface area contributed by atoms with E-state index in [1.54, 1.807) is 0 Å². The highest BCUT2D eigenvalue weighted by Gasteiger charge is 2.11. The fourth-order valence-corrected chi connectivity index (χ4v) is 1.96. The van der Waals surface area contributed by atoms with Crippen molar-refractivity contribution in [1.29, 1.82) is 0 Å². The van der Waals surface area contributed by atoms with Gasteiger partial charge in [0.1, 0.15) is 6.61 Å². The van der Waals surface area contributed by atoms with Crippen molar-refractivity contribution in [2.45, 2.75) is 27.3 Å². The maximum Gasteiger partial charge on any atom is 0.165 e. The van der Waals surface area contributed by atoms with Gasteiger partial charge in [-0.25, -0.2) is 0 Å². The van der Waals surface area contributed by atoms with E-state index in [0.29, 0.717) is 19.1 Å². The molecule has 0 aliphatic heterocycles. The molecule has 0 atom stereocenters. The van der Waals surface area contributed by atoms with Gasteiger partial charge in [0.2, 0.25) is 0 Å². The van der Waals surface area contributed by atoms with Crippen LogP contribution in [0.3, 0.4) is 0 Å². The molecule has 0 bridgehead atoms. The van der Waals surface area contributed by atoms with Crippen molar-refractivity contribution in [1.82, 2.24) is 10.2 Å². The van der Waals surface area contributed by atoms with Gasteiger partial charge in [-0.3, -0.25) is 0 Å². The number of hydrogen-bond donors (Lipinski definition) is 1. The number of ether oxygens (including phenoxy) is 2. The number of hydrogen-bond acceptors (Lipinski definition) is 4. The largest absolute Gasteiger partial charge is 0.490 e. The van der Waals surface area contributed by atoms with Gasteiger partial charge in [-0.1, -0.05) is 26.0 Å². The Bertz CT molecular complexity index is 406. The van der Waals surface area contributed by atoms with Crippen LogP contribution in [0.2, 0.25) is 0 Å². The molecule has 120 valence electrons. The molecule has 21 heavy (non-hydrogen) atoms. The van der Waals surface area contributed by atoms with Gasteiger partial charge in [0.15, 0.2) is 11.5 Å². The lowest BCUT2D eigenvalue weighted by molar-refractivity contribution is 0.241. The summed E-state index contributed by atoms with van der Waals surface area (Å²) in [6, 6.07) is 6.09. The molecular formula is C17H30N2O2. The van der Waals surface area contributed by atoms with Crippen LogP contribution in [0.15, 0.2) is 18.2 Å². The normalized spacial score (nSPS) is 11.2. The highest BCUT2D eigenvalue weighted by Crippen LogP contribution is 2.31. The number of likely N-dealkylation sites (N-methyl/N-ethyl adjacent to an activating group) is 1. The van der Waals surface area contributed by atoms with E-state index in [2.05, 4.69) is 30.1 Å². The molecule has 0 fully saturated rings. The zero-order chi connectivity index (χ0) is 15.7. The van der Waals surface area contributed by atoms with Gasteiger partial charge < -0.3 is 19.7 Å². The zero-order valence-electron chi connectivity index (χ0n) is 14.1. The van der Waals surface area contributed by atoms with Crippen LogP contribution >= 0.6 is 0 Å². The lowest BCUT2D eigenvalue weighted by Gasteiger charge is -2.18. The fourth-order valence-electron chi connectivity index (χ4n) is 1.96. The topological polar surface area (TPSA) is 33.7 Å². The molecule has 1 N–H and O–H groups in total. The van der Waals surface area contributed by atoms with E-state index in [9.17, 15) is 0 Å². The molecule has 0 unspecified atom stereocenters. The van der Waals surface area contributed by atoms with Crippen molar-refractivity contribution in [3.63, 3.8) is 0 Å². The van der Waals surface area contributed by atoms with Gasteiger partial charge in [-0.05, 0) is 39.5 Å². The third-order valence-corrected chi connectivity index (χ3v) is 3.01. The summed E-state index contributed by atoms with van der Waals surface area (Å²) in [7, 11) is 4.09. The molecule has 1 aromatic rings. The minimum atomic E-state index is 0.637. The Morgan fingerprint density at radius 2 is 1.95 bits per heavy atom. The molecule has 0 aliphatic rings. The van der Waals surface area contributed by atoms with Crippen molar-refractivity contribution in [3.8, 4) is 11.5 Å². The quantitative estimate of drug-likeness (QED) is 0.719. The van der Waals surface area contributed by atoms with E-state index >= 15 is 0 Å². The summed E-state index contributed by atoms with van der Waals surface area (Å²) >= 11 is 0. The Kier molecular flexibility index (Phi) is 8.16. The average Bonchev–Trinajstić information content (AvgIpc) is 2.41. The fraction of sp³-hybridized carbons (Fsp3) is 0.647. The third-order valence-electron chi connectivity index (χ3n) is 3.01. The molecule has 0 aromatic heterocycles. The van der Waals surface area contributed by atoms with Gasteiger partial charge in [-0.2, -0.15) is 0 Å². The zero-order valence-corrected chi connectivity index (χ0v) is 14.1. The van der Waals surface area contributed by atoms with Gasteiger partial charge >= 0.3 is 0 Å². The monoisotopic (exact) mass is 294 g/mol. The predicted molar refractivity (Wildman–Crippen MR) is 88.2 cm³/mol. The molecule has 1 rings (SSSR count). The number of nitrogens with zero attached hydrogens (tertiary/aromatic N) is 1.